The first-order valence-corrected chi connectivity index (χ1v) is 10.5. The summed E-state index contributed by atoms with van der Waals surface area (Å²) in [5, 5.41) is 4.66. The van der Waals surface area contributed by atoms with Gasteiger partial charge in [-0.05, 0) is 38.3 Å². The minimum atomic E-state index is -0.0882. The maximum absolute atomic E-state index is 11.9. The quantitative estimate of drug-likeness (QED) is 0.696. The van der Waals surface area contributed by atoms with Crippen molar-refractivity contribution in [3.8, 4) is 11.4 Å². The van der Waals surface area contributed by atoms with Crippen molar-refractivity contribution >= 4 is 0 Å². The summed E-state index contributed by atoms with van der Waals surface area (Å²) >= 11 is 0. The number of likely N-dealkylation sites (tertiary alicyclic amines) is 1. The molecule has 0 unspecified atom stereocenters. The summed E-state index contributed by atoms with van der Waals surface area (Å²) in [6.07, 6.45) is 2.93. The number of hydrogen-bond donors (Lipinski definition) is 1. The molecule has 6 nitrogen and oxygen atoms in total. The van der Waals surface area contributed by atoms with E-state index in [0.717, 1.165) is 55.8 Å². The van der Waals surface area contributed by atoms with Crippen molar-refractivity contribution < 1.29 is 0 Å². The zero-order chi connectivity index (χ0) is 20.4. The van der Waals surface area contributed by atoms with Gasteiger partial charge in [0.15, 0.2) is 0 Å². The van der Waals surface area contributed by atoms with Crippen LogP contribution in [0.3, 0.4) is 0 Å². The Hall–Kier alpha value is -2.73. The SMILES string of the molecule is CCCc1cc(=O)[nH]c(-c2ccc(CN3CC[C@H](n4nc(C)cc4C)C3)cc2)n1. The van der Waals surface area contributed by atoms with Gasteiger partial charge in [-0.2, -0.15) is 5.10 Å². The normalized spacial score (nSPS) is 17.1. The van der Waals surface area contributed by atoms with Crippen LogP contribution in [-0.2, 0) is 13.0 Å². The van der Waals surface area contributed by atoms with E-state index in [4.69, 9.17) is 0 Å². The van der Waals surface area contributed by atoms with E-state index in [1.54, 1.807) is 6.07 Å². The average Bonchev–Trinajstić information content (AvgIpc) is 3.27. The minimum Gasteiger partial charge on any atom is -0.307 e. The fraction of sp³-hybridized carbons (Fsp3) is 0.435. The highest BCUT2D eigenvalue weighted by Gasteiger charge is 2.25. The molecule has 0 saturated carbocycles. The molecule has 1 saturated heterocycles. The number of H-pyrrole nitrogens is 1. The first kappa shape index (κ1) is 19.6. The number of aromatic nitrogens is 4. The molecule has 2 aromatic heterocycles. The lowest BCUT2D eigenvalue weighted by atomic mass is 10.1. The molecule has 3 aromatic rings. The predicted octanol–water partition coefficient (Wildman–Crippen LogP) is 3.65. The fourth-order valence-electron chi connectivity index (χ4n) is 4.23. The summed E-state index contributed by atoms with van der Waals surface area (Å²) in [6.45, 7) is 9.31. The van der Waals surface area contributed by atoms with E-state index in [0.29, 0.717) is 11.9 Å². The van der Waals surface area contributed by atoms with Crippen molar-refractivity contribution in [2.75, 3.05) is 13.1 Å². The molecule has 1 fully saturated rings. The zero-order valence-corrected chi connectivity index (χ0v) is 17.5. The maximum Gasteiger partial charge on any atom is 0.251 e. The summed E-state index contributed by atoms with van der Waals surface area (Å²) in [4.78, 5) is 21.9. The summed E-state index contributed by atoms with van der Waals surface area (Å²) in [7, 11) is 0. The third kappa shape index (κ3) is 4.48. The molecule has 152 valence electrons. The molecule has 0 aliphatic carbocycles. The van der Waals surface area contributed by atoms with Crippen molar-refractivity contribution in [2.24, 2.45) is 0 Å². The lowest BCUT2D eigenvalue weighted by Crippen LogP contribution is -2.22. The molecule has 0 radical (unpaired) electrons. The highest BCUT2D eigenvalue weighted by atomic mass is 16.1. The number of nitrogens with one attached hydrogen (secondary N) is 1. The van der Waals surface area contributed by atoms with Crippen molar-refractivity contribution in [1.82, 2.24) is 24.6 Å². The van der Waals surface area contributed by atoms with Crippen molar-refractivity contribution in [2.45, 2.75) is 52.6 Å². The molecule has 1 N–H and O–H groups in total. The van der Waals surface area contributed by atoms with Gasteiger partial charge in [0.05, 0.1) is 11.7 Å². The van der Waals surface area contributed by atoms with Crippen LogP contribution in [0.15, 0.2) is 41.2 Å². The van der Waals surface area contributed by atoms with Crippen molar-refractivity contribution in [3.05, 3.63) is 69.4 Å². The Labute approximate surface area is 171 Å². The molecule has 0 bridgehead atoms. The van der Waals surface area contributed by atoms with E-state index in [-0.39, 0.29) is 5.56 Å². The molecule has 1 aliphatic heterocycles. The lowest BCUT2D eigenvalue weighted by molar-refractivity contribution is 0.310. The molecular weight excluding hydrogens is 362 g/mol. The van der Waals surface area contributed by atoms with Gasteiger partial charge in [0, 0.05) is 42.7 Å². The zero-order valence-electron chi connectivity index (χ0n) is 17.5. The van der Waals surface area contributed by atoms with E-state index >= 15 is 0 Å². The second-order valence-electron chi connectivity index (χ2n) is 8.08. The van der Waals surface area contributed by atoms with Gasteiger partial charge in [0.2, 0.25) is 0 Å². The number of nitrogens with zero attached hydrogens (tertiary/aromatic N) is 4. The van der Waals surface area contributed by atoms with Crippen LogP contribution < -0.4 is 5.56 Å². The van der Waals surface area contributed by atoms with Gasteiger partial charge in [-0.15, -0.1) is 0 Å². The highest BCUT2D eigenvalue weighted by molar-refractivity contribution is 5.55. The molecule has 0 amide bonds. The monoisotopic (exact) mass is 391 g/mol. The van der Waals surface area contributed by atoms with E-state index in [1.165, 1.54) is 11.3 Å². The minimum absolute atomic E-state index is 0.0882. The summed E-state index contributed by atoms with van der Waals surface area (Å²) in [5.41, 5.74) is 5.31. The van der Waals surface area contributed by atoms with Gasteiger partial charge in [-0.1, -0.05) is 37.6 Å². The Morgan fingerprint density at radius 2 is 1.97 bits per heavy atom. The van der Waals surface area contributed by atoms with Gasteiger partial charge in [-0.25, -0.2) is 4.98 Å². The Kier molecular flexibility index (Phi) is 5.62. The van der Waals surface area contributed by atoms with Crippen LogP contribution in [0.2, 0.25) is 0 Å². The Bertz CT molecular complexity index is 1030. The molecule has 0 spiro atoms. The second kappa shape index (κ2) is 8.33. The number of hydrogen-bond acceptors (Lipinski definition) is 4. The number of aryl methyl sites for hydroxylation is 3. The second-order valence-corrected chi connectivity index (χ2v) is 8.08. The van der Waals surface area contributed by atoms with Crippen LogP contribution in [0, 0.1) is 13.8 Å². The third-order valence-electron chi connectivity index (χ3n) is 5.57. The number of benzene rings is 1. The van der Waals surface area contributed by atoms with E-state index in [1.807, 2.05) is 0 Å². The number of aromatic amines is 1. The van der Waals surface area contributed by atoms with Gasteiger partial charge in [-0.3, -0.25) is 14.4 Å². The van der Waals surface area contributed by atoms with Crippen LogP contribution in [0.5, 0.6) is 0 Å². The Morgan fingerprint density at radius 1 is 1.17 bits per heavy atom. The third-order valence-corrected chi connectivity index (χ3v) is 5.57. The first-order valence-electron chi connectivity index (χ1n) is 10.5. The molecular formula is C23H29N5O. The molecule has 3 heterocycles. The smallest absolute Gasteiger partial charge is 0.251 e. The predicted molar refractivity (Wildman–Crippen MR) is 115 cm³/mol. The summed E-state index contributed by atoms with van der Waals surface area (Å²) in [6, 6.07) is 12.6. The molecule has 1 aromatic carbocycles. The van der Waals surface area contributed by atoms with Crippen LogP contribution >= 0.6 is 0 Å². The Morgan fingerprint density at radius 3 is 2.66 bits per heavy atom. The first-order chi connectivity index (χ1) is 14.0. The van der Waals surface area contributed by atoms with Crippen LogP contribution in [0.1, 0.15) is 48.5 Å². The van der Waals surface area contributed by atoms with E-state index < -0.39 is 0 Å². The lowest BCUT2D eigenvalue weighted by Gasteiger charge is -2.17. The number of rotatable bonds is 6. The summed E-state index contributed by atoms with van der Waals surface area (Å²) in [5.74, 6) is 0.651. The van der Waals surface area contributed by atoms with Crippen molar-refractivity contribution in [3.63, 3.8) is 0 Å². The average molecular weight is 392 g/mol. The molecule has 1 aliphatic rings. The van der Waals surface area contributed by atoms with Gasteiger partial charge in [0.25, 0.3) is 5.56 Å². The molecule has 6 heteroatoms. The van der Waals surface area contributed by atoms with Gasteiger partial charge < -0.3 is 4.98 Å². The fourth-order valence-corrected chi connectivity index (χ4v) is 4.23. The topological polar surface area (TPSA) is 66.8 Å². The van der Waals surface area contributed by atoms with E-state index in [9.17, 15) is 4.79 Å². The maximum atomic E-state index is 11.9. The highest BCUT2D eigenvalue weighted by Crippen LogP contribution is 2.25. The van der Waals surface area contributed by atoms with E-state index in [2.05, 4.69) is 75.8 Å². The molecule has 29 heavy (non-hydrogen) atoms. The largest absolute Gasteiger partial charge is 0.307 e. The van der Waals surface area contributed by atoms with Crippen molar-refractivity contribution in [1.29, 1.82) is 0 Å². The van der Waals surface area contributed by atoms with Crippen LogP contribution in [0.4, 0.5) is 0 Å². The summed E-state index contributed by atoms with van der Waals surface area (Å²) < 4.78 is 2.18. The van der Waals surface area contributed by atoms with Gasteiger partial charge in [0.1, 0.15) is 5.82 Å². The standard InChI is InChI=1S/C23H29N5O/c1-4-5-20-13-22(29)25-23(24-20)19-8-6-18(7-9-19)14-27-11-10-21(15-27)28-17(3)12-16(2)26-28/h6-9,12-13,21H,4-5,10-11,14-15H2,1-3H3,(H,24,25,29)/t21-/m0/s1. The molecule has 4 rings (SSSR count). The molecule has 1 atom stereocenters. The Balaban J connectivity index is 1.43. The van der Waals surface area contributed by atoms with Gasteiger partial charge >= 0.3 is 0 Å². The van der Waals surface area contributed by atoms with Crippen LogP contribution in [-0.4, -0.2) is 37.7 Å². The van der Waals surface area contributed by atoms with Crippen LogP contribution in [0.25, 0.3) is 11.4 Å².